The minimum atomic E-state index is -2.61. The first kappa shape index (κ1) is 14.9. The van der Waals surface area contributed by atoms with Gasteiger partial charge < -0.3 is 14.2 Å². The summed E-state index contributed by atoms with van der Waals surface area (Å²) in [7, 11) is 1.59. The number of ether oxygens (including phenoxy) is 3. The van der Waals surface area contributed by atoms with Crippen molar-refractivity contribution in [1.82, 2.24) is 4.98 Å². The first-order chi connectivity index (χ1) is 9.92. The molecule has 2 aliphatic rings. The lowest BCUT2D eigenvalue weighted by atomic mass is 9.91. The van der Waals surface area contributed by atoms with E-state index in [0.717, 1.165) is 0 Å². The summed E-state index contributed by atoms with van der Waals surface area (Å²) in [4.78, 5) is 4.27. The topological polar surface area (TPSA) is 40.6 Å². The molecule has 1 saturated carbocycles. The monoisotopic (exact) mass is 319 g/mol. The second-order valence-corrected chi connectivity index (χ2v) is 5.90. The van der Waals surface area contributed by atoms with Gasteiger partial charge in [-0.2, -0.15) is 0 Å². The Morgan fingerprint density at radius 3 is 2.71 bits per heavy atom. The highest BCUT2D eigenvalue weighted by atomic mass is 35.5. The van der Waals surface area contributed by atoms with Crippen molar-refractivity contribution in [3.8, 4) is 5.75 Å². The lowest BCUT2D eigenvalue weighted by molar-refractivity contribution is -0.134. The van der Waals surface area contributed by atoms with E-state index in [4.69, 9.17) is 25.8 Å². The van der Waals surface area contributed by atoms with Gasteiger partial charge in [0.15, 0.2) is 0 Å². The molecule has 0 amide bonds. The summed E-state index contributed by atoms with van der Waals surface area (Å²) in [5, 5.41) is 0.247. The molecule has 1 aromatic rings. The van der Waals surface area contributed by atoms with Crippen LogP contribution in [-0.2, 0) is 15.1 Å². The number of aromatic nitrogens is 1. The van der Waals surface area contributed by atoms with Crippen molar-refractivity contribution in [1.29, 1.82) is 0 Å². The van der Waals surface area contributed by atoms with Crippen LogP contribution in [0.5, 0.6) is 5.75 Å². The molecule has 2 fully saturated rings. The maximum atomic E-state index is 12.9. The van der Waals surface area contributed by atoms with Crippen LogP contribution in [-0.4, -0.2) is 37.3 Å². The summed E-state index contributed by atoms with van der Waals surface area (Å²) in [6, 6.07) is 3.22. The Balaban J connectivity index is 1.80. The zero-order valence-corrected chi connectivity index (χ0v) is 12.3. The van der Waals surface area contributed by atoms with Crippen molar-refractivity contribution in [2.45, 2.75) is 36.9 Å². The average molecular weight is 320 g/mol. The van der Waals surface area contributed by atoms with Gasteiger partial charge in [0.2, 0.25) is 0 Å². The second kappa shape index (κ2) is 5.34. The van der Waals surface area contributed by atoms with Crippen molar-refractivity contribution in [3.05, 3.63) is 23.0 Å². The normalized spacial score (nSPS) is 28.4. The van der Waals surface area contributed by atoms with E-state index in [-0.39, 0.29) is 18.0 Å². The fraction of sp³-hybridized carbons (Fsp3) is 0.643. The van der Waals surface area contributed by atoms with Crippen LogP contribution >= 0.6 is 11.6 Å². The minimum Gasteiger partial charge on any atom is -0.490 e. The van der Waals surface area contributed by atoms with E-state index in [9.17, 15) is 8.78 Å². The fourth-order valence-electron chi connectivity index (χ4n) is 2.67. The quantitative estimate of drug-likeness (QED) is 0.799. The Bertz CT molecular complexity index is 527. The molecule has 1 aromatic heterocycles. The molecule has 2 heterocycles. The number of hydrogen-bond acceptors (Lipinski definition) is 4. The Morgan fingerprint density at radius 2 is 2.14 bits per heavy atom. The summed E-state index contributed by atoms with van der Waals surface area (Å²) in [5.41, 5.74) is -0.0388. The molecule has 1 aliphatic carbocycles. The molecule has 0 N–H and O–H groups in total. The molecule has 116 valence electrons. The Hall–Kier alpha value is -0.980. The molecule has 0 radical (unpaired) electrons. The molecule has 21 heavy (non-hydrogen) atoms. The lowest BCUT2D eigenvalue weighted by Crippen LogP contribution is -2.43. The molecular formula is C14H16ClF2NO3. The van der Waals surface area contributed by atoms with Crippen molar-refractivity contribution >= 4 is 11.6 Å². The van der Waals surface area contributed by atoms with Gasteiger partial charge in [0.25, 0.3) is 5.92 Å². The number of hydrogen-bond donors (Lipinski definition) is 0. The van der Waals surface area contributed by atoms with E-state index in [1.807, 2.05) is 0 Å². The van der Waals surface area contributed by atoms with E-state index >= 15 is 0 Å². The molecule has 1 saturated heterocycles. The number of nitrogens with zero attached hydrogens (tertiary/aromatic N) is 1. The Labute approximate surface area is 126 Å². The highest BCUT2D eigenvalue weighted by molar-refractivity contribution is 6.29. The third-order valence-electron chi connectivity index (χ3n) is 3.97. The predicted octanol–water partition coefficient (Wildman–Crippen LogP) is 3.17. The summed E-state index contributed by atoms with van der Waals surface area (Å²) in [6.45, 7) is 0.963. The minimum absolute atomic E-state index is 0.247. The third-order valence-corrected chi connectivity index (χ3v) is 4.16. The number of alkyl halides is 2. The van der Waals surface area contributed by atoms with Crippen LogP contribution in [0.2, 0.25) is 5.15 Å². The van der Waals surface area contributed by atoms with Crippen molar-refractivity contribution in [3.63, 3.8) is 0 Å². The van der Waals surface area contributed by atoms with Gasteiger partial charge in [0, 0.05) is 45.1 Å². The first-order valence-electron chi connectivity index (χ1n) is 6.78. The zero-order valence-electron chi connectivity index (χ0n) is 11.6. The maximum absolute atomic E-state index is 12.9. The fourth-order valence-corrected chi connectivity index (χ4v) is 2.87. The van der Waals surface area contributed by atoms with Crippen LogP contribution in [0.25, 0.3) is 0 Å². The van der Waals surface area contributed by atoms with E-state index in [1.54, 1.807) is 13.2 Å². The molecule has 0 aromatic carbocycles. The summed E-state index contributed by atoms with van der Waals surface area (Å²) in [5.74, 6) is -2.17. The van der Waals surface area contributed by atoms with Gasteiger partial charge in [-0.25, -0.2) is 13.8 Å². The SMILES string of the molecule is COC1(c2cc(OC3CC(F)(F)C3)cc(Cl)n2)CCOC1. The molecule has 0 spiro atoms. The van der Waals surface area contributed by atoms with Gasteiger partial charge in [-0.15, -0.1) is 0 Å². The molecule has 0 bridgehead atoms. The van der Waals surface area contributed by atoms with E-state index < -0.39 is 17.6 Å². The number of methoxy groups -OCH3 is 1. The van der Waals surface area contributed by atoms with Gasteiger partial charge in [-0.1, -0.05) is 11.6 Å². The lowest BCUT2D eigenvalue weighted by Gasteiger charge is -2.35. The van der Waals surface area contributed by atoms with Crippen molar-refractivity contribution in [2.24, 2.45) is 0 Å². The second-order valence-electron chi connectivity index (χ2n) is 5.52. The van der Waals surface area contributed by atoms with Crippen molar-refractivity contribution in [2.75, 3.05) is 20.3 Å². The molecule has 1 atom stereocenters. The van der Waals surface area contributed by atoms with Gasteiger partial charge in [-0.05, 0) is 0 Å². The number of halogens is 3. The molecule has 7 heteroatoms. The molecule has 4 nitrogen and oxygen atoms in total. The van der Waals surface area contributed by atoms with Crippen LogP contribution < -0.4 is 4.74 Å². The Kier molecular flexibility index (Phi) is 3.80. The largest absolute Gasteiger partial charge is 0.490 e. The third kappa shape index (κ3) is 2.98. The highest BCUT2D eigenvalue weighted by Gasteiger charge is 2.47. The summed E-state index contributed by atoms with van der Waals surface area (Å²) >= 11 is 6.01. The summed E-state index contributed by atoms with van der Waals surface area (Å²) in [6.07, 6.45) is -0.344. The van der Waals surface area contributed by atoms with Gasteiger partial charge in [0.05, 0.1) is 12.3 Å². The van der Waals surface area contributed by atoms with Gasteiger partial charge >= 0.3 is 0 Å². The van der Waals surface area contributed by atoms with Crippen molar-refractivity contribution < 1.29 is 23.0 Å². The highest BCUT2D eigenvalue weighted by Crippen LogP contribution is 2.41. The van der Waals surface area contributed by atoms with Crippen LogP contribution in [0, 0.1) is 0 Å². The van der Waals surface area contributed by atoms with Crippen LogP contribution in [0.4, 0.5) is 8.78 Å². The Morgan fingerprint density at radius 1 is 1.38 bits per heavy atom. The maximum Gasteiger partial charge on any atom is 0.255 e. The average Bonchev–Trinajstić information content (AvgIpc) is 2.86. The zero-order chi connectivity index (χ0) is 15.1. The summed E-state index contributed by atoms with van der Waals surface area (Å²) < 4.78 is 42.2. The van der Waals surface area contributed by atoms with E-state index in [2.05, 4.69) is 4.98 Å². The van der Waals surface area contributed by atoms with Crippen LogP contribution in [0.3, 0.4) is 0 Å². The van der Waals surface area contributed by atoms with Crippen LogP contribution in [0.15, 0.2) is 12.1 Å². The van der Waals surface area contributed by atoms with Gasteiger partial charge in [0.1, 0.15) is 22.6 Å². The van der Waals surface area contributed by atoms with Gasteiger partial charge in [-0.3, -0.25) is 0 Å². The van der Waals surface area contributed by atoms with E-state index in [0.29, 0.717) is 31.1 Å². The molecule has 3 rings (SSSR count). The molecular weight excluding hydrogens is 304 g/mol. The molecule has 1 aliphatic heterocycles. The number of rotatable bonds is 4. The van der Waals surface area contributed by atoms with E-state index in [1.165, 1.54) is 6.07 Å². The number of pyridine rings is 1. The first-order valence-corrected chi connectivity index (χ1v) is 7.16. The van der Waals surface area contributed by atoms with Crippen LogP contribution in [0.1, 0.15) is 25.0 Å². The smallest absolute Gasteiger partial charge is 0.255 e. The standard InChI is InChI=1S/C14H16ClF2NO3/c1-19-13(2-3-20-8-13)11-4-9(5-12(15)18-11)21-10-6-14(16,17)7-10/h4-5,10H,2-3,6-8H2,1H3. The molecule has 1 unspecified atom stereocenters. The predicted molar refractivity (Wildman–Crippen MR) is 72.0 cm³/mol.